The van der Waals surface area contributed by atoms with Crippen LogP contribution >= 0.6 is 0 Å². The first-order chi connectivity index (χ1) is 19.0. The molecule has 2 N–H and O–H groups in total. The van der Waals surface area contributed by atoms with E-state index in [4.69, 9.17) is 4.74 Å². The number of aromatic amines is 1. The number of amides is 2. The van der Waals surface area contributed by atoms with Crippen LogP contribution in [0.4, 0.5) is 20.2 Å². The fourth-order valence-corrected chi connectivity index (χ4v) is 5.29. The van der Waals surface area contributed by atoms with Gasteiger partial charge in [0.2, 0.25) is 11.8 Å². The predicted molar refractivity (Wildman–Crippen MR) is 143 cm³/mol. The highest BCUT2D eigenvalue weighted by Gasteiger charge is 2.37. The molecule has 2 amide bonds. The quantitative estimate of drug-likeness (QED) is 0.319. The van der Waals surface area contributed by atoms with Crippen LogP contribution in [-0.4, -0.2) is 46.3 Å². The molecule has 2 aliphatic rings. The maximum Gasteiger partial charge on any atom is 0.239 e. The fraction of sp³-hybridized carbons (Fsp3) is 0.276. The topological polar surface area (TPSA) is 90.6 Å². The van der Waals surface area contributed by atoms with Crippen molar-refractivity contribution in [3.05, 3.63) is 78.1 Å². The van der Waals surface area contributed by atoms with Gasteiger partial charge >= 0.3 is 0 Å². The summed E-state index contributed by atoms with van der Waals surface area (Å²) in [6.07, 6.45) is 6.19. The highest BCUT2D eigenvalue weighted by atomic mass is 19.1. The number of nitrogens with zero attached hydrogens (tertiary/aromatic N) is 3. The van der Waals surface area contributed by atoms with Gasteiger partial charge in [0.25, 0.3) is 0 Å². The van der Waals surface area contributed by atoms with Crippen molar-refractivity contribution < 1.29 is 23.1 Å². The molecule has 4 heterocycles. The molecule has 6 rings (SSSR count). The van der Waals surface area contributed by atoms with Crippen molar-refractivity contribution in [2.75, 3.05) is 29.9 Å². The third-order valence-corrected chi connectivity index (χ3v) is 7.29. The molecule has 2 aliphatic heterocycles. The molecule has 10 heteroatoms. The third kappa shape index (κ3) is 5.07. The van der Waals surface area contributed by atoms with Crippen LogP contribution in [0.25, 0.3) is 11.0 Å². The Balaban J connectivity index is 1.15. The van der Waals surface area contributed by atoms with E-state index in [1.165, 1.54) is 60.2 Å². The van der Waals surface area contributed by atoms with Crippen LogP contribution in [0.2, 0.25) is 0 Å². The predicted octanol–water partition coefficient (Wildman–Crippen LogP) is 5.22. The summed E-state index contributed by atoms with van der Waals surface area (Å²) in [4.78, 5) is 37.1. The largest absolute Gasteiger partial charge is 0.453 e. The number of H-pyrrole nitrogens is 1. The van der Waals surface area contributed by atoms with E-state index in [1.54, 1.807) is 12.3 Å². The Labute approximate surface area is 223 Å². The summed E-state index contributed by atoms with van der Waals surface area (Å²) >= 11 is 0. The molecule has 0 radical (unpaired) electrons. The van der Waals surface area contributed by atoms with Crippen molar-refractivity contribution in [3.8, 4) is 11.5 Å². The number of anilines is 2. The minimum atomic E-state index is -0.915. The zero-order valence-corrected chi connectivity index (χ0v) is 21.1. The Morgan fingerprint density at radius 2 is 1.85 bits per heavy atom. The summed E-state index contributed by atoms with van der Waals surface area (Å²) in [5.74, 6) is -2.37. The lowest BCUT2D eigenvalue weighted by Crippen LogP contribution is -2.33. The van der Waals surface area contributed by atoms with Crippen LogP contribution in [-0.2, 0) is 16.1 Å². The van der Waals surface area contributed by atoms with Crippen molar-refractivity contribution >= 4 is 34.2 Å². The SMILES string of the molecule is O=C(Nc1ccc(Oc2ccnc3[nH]cc(CN4CCCC4)c23)c(F)c1)C1CCN(c2ccc(F)cc2)C1=O. The van der Waals surface area contributed by atoms with Gasteiger partial charge in [0.05, 0.1) is 5.39 Å². The van der Waals surface area contributed by atoms with E-state index < -0.39 is 23.5 Å². The molecule has 1 atom stereocenters. The van der Waals surface area contributed by atoms with Gasteiger partial charge in [0, 0.05) is 42.9 Å². The molecule has 2 aromatic carbocycles. The molecule has 0 saturated carbocycles. The van der Waals surface area contributed by atoms with Crippen LogP contribution < -0.4 is 15.0 Å². The number of fused-ring (bicyclic) bond motifs is 1. The maximum absolute atomic E-state index is 15.1. The fourth-order valence-electron chi connectivity index (χ4n) is 5.29. The molecule has 2 saturated heterocycles. The highest BCUT2D eigenvalue weighted by molar-refractivity contribution is 6.13. The summed E-state index contributed by atoms with van der Waals surface area (Å²) in [6.45, 7) is 3.18. The van der Waals surface area contributed by atoms with Crippen molar-refractivity contribution in [1.82, 2.24) is 14.9 Å². The number of hydrogen-bond acceptors (Lipinski definition) is 5. The molecule has 2 aromatic heterocycles. The molecule has 8 nitrogen and oxygen atoms in total. The Kier molecular flexibility index (Phi) is 6.70. The Hall–Kier alpha value is -4.31. The van der Waals surface area contributed by atoms with Gasteiger partial charge in [-0.05, 0) is 80.4 Å². The van der Waals surface area contributed by atoms with Crippen LogP contribution in [0, 0.1) is 17.6 Å². The second-order valence-corrected chi connectivity index (χ2v) is 9.87. The van der Waals surface area contributed by atoms with Gasteiger partial charge in [-0.15, -0.1) is 0 Å². The molecular formula is C29H27F2N5O3. The zero-order chi connectivity index (χ0) is 26.9. The van der Waals surface area contributed by atoms with Crippen molar-refractivity contribution in [1.29, 1.82) is 0 Å². The summed E-state index contributed by atoms with van der Waals surface area (Å²) < 4.78 is 34.3. The Morgan fingerprint density at radius 3 is 2.62 bits per heavy atom. The van der Waals surface area contributed by atoms with Crippen LogP contribution in [0.15, 0.2) is 60.9 Å². The van der Waals surface area contributed by atoms with Crippen molar-refractivity contribution in [3.63, 3.8) is 0 Å². The van der Waals surface area contributed by atoms with Crippen LogP contribution in [0.3, 0.4) is 0 Å². The van der Waals surface area contributed by atoms with E-state index in [2.05, 4.69) is 20.2 Å². The summed E-state index contributed by atoms with van der Waals surface area (Å²) in [6, 6.07) is 11.4. The maximum atomic E-state index is 15.1. The number of pyridine rings is 1. The van der Waals surface area contributed by atoms with E-state index in [-0.39, 0.29) is 17.3 Å². The standard InChI is InChI=1S/C29H27F2N5O3/c30-19-3-6-21(7-4-19)36-14-10-22(29(36)38)28(37)34-20-5-8-24(23(31)15-20)39-25-9-11-32-27-26(25)18(16-33-27)17-35-12-1-2-13-35/h3-9,11,15-16,22H,1-2,10,12-14,17H2,(H,32,33)(H,34,37). The number of aromatic nitrogens is 2. The molecule has 2 fully saturated rings. The first-order valence-electron chi connectivity index (χ1n) is 13.0. The van der Waals surface area contributed by atoms with Gasteiger partial charge in [0.1, 0.15) is 23.1 Å². The van der Waals surface area contributed by atoms with Crippen molar-refractivity contribution in [2.24, 2.45) is 5.92 Å². The monoisotopic (exact) mass is 531 g/mol. The highest BCUT2D eigenvalue weighted by Crippen LogP contribution is 2.34. The summed E-state index contributed by atoms with van der Waals surface area (Å²) in [7, 11) is 0. The number of rotatable bonds is 7. The number of hydrogen-bond donors (Lipinski definition) is 2. The van der Waals surface area contributed by atoms with Gasteiger partial charge in [-0.1, -0.05) is 0 Å². The number of likely N-dealkylation sites (tertiary alicyclic amines) is 1. The van der Waals surface area contributed by atoms with Crippen LogP contribution in [0.1, 0.15) is 24.8 Å². The minimum absolute atomic E-state index is 0.00764. The first kappa shape index (κ1) is 25.0. The lowest BCUT2D eigenvalue weighted by Gasteiger charge is -2.17. The normalized spacial score (nSPS) is 17.7. The van der Waals surface area contributed by atoms with Gasteiger partial charge in [-0.2, -0.15) is 0 Å². The zero-order valence-electron chi connectivity index (χ0n) is 21.1. The van der Waals surface area contributed by atoms with Crippen molar-refractivity contribution in [2.45, 2.75) is 25.8 Å². The molecule has 1 unspecified atom stereocenters. The van der Waals surface area contributed by atoms with E-state index in [9.17, 15) is 14.0 Å². The van der Waals surface area contributed by atoms with E-state index in [0.717, 1.165) is 30.6 Å². The number of ether oxygens (including phenoxy) is 1. The summed E-state index contributed by atoms with van der Waals surface area (Å²) in [5.41, 5.74) is 2.45. The average molecular weight is 532 g/mol. The second-order valence-electron chi connectivity index (χ2n) is 9.87. The first-order valence-corrected chi connectivity index (χ1v) is 13.0. The molecular weight excluding hydrogens is 504 g/mol. The Bertz CT molecular complexity index is 1530. The minimum Gasteiger partial charge on any atom is -0.453 e. The number of carbonyl (C=O) groups is 2. The average Bonchev–Trinajstić information content (AvgIpc) is 3.68. The number of carbonyl (C=O) groups excluding carboxylic acids is 2. The van der Waals surface area contributed by atoms with Gasteiger partial charge in [-0.25, -0.2) is 13.8 Å². The smallest absolute Gasteiger partial charge is 0.239 e. The van der Waals surface area contributed by atoms with Crippen LogP contribution in [0.5, 0.6) is 11.5 Å². The number of benzene rings is 2. The second kappa shape index (κ2) is 10.5. The lowest BCUT2D eigenvalue weighted by molar-refractivity contribution is -0.129. The molecule has 0 aliphatic carbocycles. The number of halogens is 2. The molecule has 4 aromatic rings. The van der Waals surface area contributed by atoms with Gasteiger partial charge < -0.3 is 19.9 Å². The van der Waals surface area contributed by atoms with E-state index in [1.807, 2.05) is 6.20 Å². The molecule has 200 valence electrons. The number of nitrogens with one attached hydrogen (secondary N) is 2. The lowest BCUT2D eigenvalue weighted by atomic mass is 10.1. The molecule has 39 heavy (non-hydrogen) atoms. The van der Waals surface area contributed by atoms with Gasteiger partial charge in [0.15, 0.2) is 11.6 Å². The Morgan fingerprint density at radius 1 is 1.05 bits per heavy atom. The summed E-state index contributed by atoms with van der Waals surface area (Å²) in [5, 5.41) is 3.45. The van der Waals surface area contributed by atoms with Gasteiger partial charge in [-0.3, -0.25) is 14.5 Å². The van der Waals surface area contributed by atoms with E-state index in [0.29, 0.717) is 30.0 Å². The van der Waals surface area contributed by atoms with E-state index >= 15 is 4.39 Å². The third-order valence-electron chi connectivity index (χ3n) is 7.29. The molecule has 0 bridgehead atoms. The molecule has 0 spiro atoms.